The number of halogens is 2. The van der Waals surface area contributed by atoms with E-state index in [9.17, 15) is 0 Å². The first-order valence-corrected chi connectivity index (χ1v) is 7.47. The lowest BCUT2D eigenvalue weighted by Crippen LogP contribution is -2.34. The zero-order valence-corrected chi connectivity index (χ0v) is 15.2. The zero-order valence-electron chi connectivity index (χ0n) is 13.5. The van der Waals surface area contributed by atoms with Gasteiger partial charge in [0.1, 0.15) is 12.4 Å². The molecule has 1 heterocycles. The monoisotopic (exact) mass is 346 g/mol. The van der Waals surface area contributed by atoms with Gasteiger partial charge in [-0.25, -0.2) is 0 Å². The summed E-state index contributed by atoms with van der Waals surface area (Å²) in [5.74, 6) is 0.969. The van der Waals surface area contributed by atoms with Crippen molar-refractivity contribution in [1.29, 1.82) is 0 Å². The van der Waals surface area contributed by atoms with Gasteiger partial charge in [-0.1, -0.05) is 29.8 Å². The van der Waals surface area contributed by atoms with Gasteiger partial charge in [0.25, 0.3) is 0 Å². The van der Waals surface area contributed by atoms with Gasteiger partial charge >= 0.3 is 0 Å². The van der Waals surface area contributed by atoms with E-state index < -0.39 is 0 Å². The summed E-state index contributed by atoms with van der Waals surface area (Å²) in [6.45, 7) is 5.19. The van der Waals surface area contributed by atoms with Crippen LogP contribution in [0.1, 0.15) is 12.8 Å². The molecule has 0 bridgehead atoms. The molecule has 1 aromatic carbocycles. The number of hydrogen-bond donors (Lipinski definition) is 0. The molecule has 3 nitrogen and oxygen atoms in total. The average molecular weight is 347 g/mol. The van der Waals surface area contributed by atoms with Crippen LogP contribution >= 0.6 is 24.8 Å². The SMILES string of the molecule is CN(C)CC=C1CCN(CCOc2ccccc2)CC1.Cl.Cl. The minimum atomic E-state index is 0. The van der Waals surface area contributed by atoms with Crippen LogP contribution in [0.15, 0.2) is 42.0 Å². The lowest BCUT2D eigenvalue weighted by Gasteiger charge is -2.28. The summed E-state index contributed by atoms with van der Waals surface area (Å²) in [6.07, 6.45) is 4.80. The predicted molar refractivity (Wildman–Crippen MR) is 98.7 cm³/mol. The van der Waals surface area contributed by atoms with E-state index >= 15 is 0 Å². The Hall–Kier alpha value is -0.740. The lowest BCUT2D eigenvalue weighted by atomic mass is 10.0. The maximum Gasteiger partial charge on any atom is 0.119 e. The fourth-order valence-corrected chi connectivity index (χ4v) is 2.39. The molecule has 0 atom stereocenters. The van der Waals surface area contributed by atoms with Gasteiger partial charge in [-0.05, 0) is 39.1 Å². The summed E-state index contributed by atoms with van der Waals surface area (Å²) in [4.78, 5) is 4.71. The van der Waals surface area contributed by atoms with Crippen LogP contribution in [0.2, 0.25) is 0 Å². The van der Waals surface area contributed by atoms with Gasteiger partial charge in [-0.15, -0.1) is 24.8 Å². The summed E-state index contributed by atoms with van der Waals surface area (Å²) < 4.78 is 5.75. The van der Waals surface area contributed by atoms with Crippen molar-refractivity contribution in [3.05, 3.63) is 42.0 Å². The van der Waals surface area contributed by atoms with E-state index in [1.807, 2.05) is 30.3 Å². The Morgan fingerprint density at radius 3 is 2.32 bits per heavy atom. The second kappa shape index (κ2) is 11.8. The number of nitrogens with zero attached hydrogens (tertiary/aromatic N) is 2. The molecule has 0 spiro atoms. The molecule has 1 aromatic rings. The molecular formula is C17H28Cl2N2O. The molecule has 1 saturated heterocycles. The first kappa shape index (κ1) is 21.3. The number of rotatable bonds is 6. The first-order chi connectivity index (χ1) is 9.74. The summed E-state index contributed by atoms with van der Waals surface area (Å²) in [5, 5.41) is 0. The van der Waals surface area contributed by atoms with Crippen molar-refractivity contribution in [2.75, 3.05) is 46.9 Å². The number of piperidine rings is 1. The molecule has 2 rings (SSSR count). The van der Waals surface area contributed by atoms with E-state index in [0.29, 0.717) is 0 Å². The predicted octanol–water partition coefficient (Wildman–Crippen LogP) is 3.49. The average Bonchev–Trinajstić information content (AvgIpc) is 2.47. The highest BCUT2D eigenvalue weighted by atomic mass is 35.5. The molecule has 5 heteroatoms. The highest BCUT2D eigenvalue weighted by molar-refractivity contribution is 5.85. The number of benzene rings is 1. The minimum Gasteiger partial charge on any atom is -0.492 e. The Kier molecular flexibility index (Phi) is 11.4. The van der Waals surface area contributed by atoms with Crippen molar-refractivity contribution in [1.82, 2.24) is 9.80 Å². The Bertz CT molecular complexity index is 414. The van der Waals surface area contributed by atoms with Gasteiger partial charge in [0.15, 0.2) is 0 Å². The van der Waals surface area contributed by atoms with E-state index in [1.165, 1.54) is 12.8 Å². The normalized spacial score (nSPS) is 15.0. The van der Waals surface area contributed by atoms with Crippen molar-refractivity contribution in [2.24, 2.45) is 0 Å². The van der Waals surface area contributed by atoms with E-state index in [0.717, 1.165) is 38.5 Å². The number of likely N-dealkylation sites (N-methyl/N-ethyl adjacent to an activating group) is 1. The smallest absolute Gasteiger partial charge is 0.119 e. The summed E-state index contributed by atoms with van der Waals surface area (Å²) in [5.41, 5.74) is 1.61. The molecule has 0 saturated carbocycles. The Labute approximate surface area is 147 Å². The largest absolute Gasteiger partial charge is 0.492 e. The van der Waals surface area contributed by atoms with Crippen LogP contribution in [0.25, 0.3) is 0 Å². The van der Waals surface area contributed by atoms with Crippen molar-refractivity contribution in [3.8, 4) is 5.75 Å². The molecule has 126 valence electrons. The maximum atomic E-state index is 5.75. The highest BCUT2D eigenvalue weighted by Gasteiger charge is 2.13. The second-order valence-corrected chi connectivity index (χ2v) is 5.63. The van der Waals surface area contributed by atoms with E-state index in [2.05, 4.69) is 30.0 Å². The third kappa shape index (κ3) is 8.04. The highest BCUT2D eigenvalue weighted by Crippen LogP contribution is 2.16. The van der Waals surface area contributed by atoms with Crippen LogP contribution in [-0.2, 0) is 0 Å². The molecule has 22 heavy (non-hydrogen) atoms. The van der Waals surface area contributed by atoms with Crippen molar-refractivity contribution in [3.63, 3.8) is 0 Å². The molecule has 0 unspecified atom stereocenters. The zero-order chi connectivity index (χ0) is 14.2. The van der Waals surface area contributed by atoms with Crippen molar-refractivity contribution >= 4 is 24.8 Å². The molecule has 1 fully saturated rings. The van der Waals surface area contributed by atoms with E-state index in [4.69, 9.17) is 4.74 Å². The Morgan fingerprint density at radius 1 is 1.09 bits per heavy atom. The first-order valence-electron chi connectivity index (χ1n) is 7.47. The number of para-hydroxylation sites is 1. The summed E-state index contributed by atoms with van der Waals surface area (Å²) >= 11 is 0. The van der Waals surface area contributed by atoms with E-state index in [1.54, 1.807) is 5.57 Å². The quantitative estimate of drug-likeness (QED) is 0.733. The fraction of sp³-hybridized carbons (Fsp3) is 0.529. The molecule has 1 aliphatic rings. The number of likely N-dealkylation sites (tertiary alicyclic amines) is 1. The Morgan fingerprint density at radius 2 is 1.73 bits per heavy atom. The standard InChI is InChI=1S/C17H26N2O.2ClH/c1-18(2)11-8-16-9-12-19(13-10-16)14-15-20-17-6-4-3-5-7-17;;/h3-8H,9-15H2,1-2H3;2*1H. The van der Waals surface area contributed by atoms with Crippen LogP contribution in [0.5, 0.6) is 5.75 Å². The van der Waals surface area contributed by atoms with Crippen LogP contribution in [-0.4, -0.2) is 56.7 Å². The van der Waals surface area contributed by atoms with Crippen molar-refractivity contribution in [2.45, 2.75) is 12.8 Å². The van der Waals surface area contributed by atoms with Gasteiger partial charge in [-0.2, -0.15) is 0 Å². The fourth-order valence-electron chi connectivity index (χ4n) is 2.39. The summed E-state index contributed by atoms with van der Waals surface area (Å²) in [7, 11) is 4.24. The van der Waals surface area contributed by atoms with Gasteiger partial charge in [0.05, 0.1) is 0 Å². The van der Waals surface area contributed by atoms with Crippen LogP contribution in [0.3, 0.4) is 0 Å². The lowest BCUT2D eigenvalue weighted by molar-refractivity contribution is 0.199. The van der Waals surface area contributed by atoms with Crippen LogP contribution < -0.4 is 4.74 Å². The minimum absolute atomic E-state index is 0. The molecule has 0 N–H and O–H groups in total. The van der Waals surface area contributed by atoms with Crippen LogP contribution in [0, 0.1) is 0 Å². The molecule has 0 amide bonds. The summed E-state index contributed by atoms with van der Waals surface area (Å²) in [6, 6.07) is 10.1. The third-order valence-corrected chi connectivity index (χ3v) is 3.66. The van der Waals surface area contributed by atoms with Crippen molar-refractivity contribution < 1.29 is 4.74 Å². The van der Waals surface area contributed by atoms with E-state index in [-0.39, 0.29) is 24.8 Å². The Balaban J connectivity index is 0.00000220. The number of ether oxygens (including phenoxy) is 1. The van der Waals surface area contributed by atoms with Gasteiger partial charge < -0.3 is 9.64 Å². The molecule has 1 aliphatic heterocycles. The topological polar surface area (TPSA) is 15.7 Å². The van der Waals surface area contributed by atoms with Gasteiger partial charge in [0.2, 0.25) is 0 Å². The molecule has 0 radical (unpaired) electrons. The third-order valence-electron chi connectivity index (χ3n) is 3.66. The van der Waals surface area contributed by atoms with Crippen LogP contribution in [0.4, 0.5) is 0 Å². The molecule has 0 aromatic heterocycles. The number of hydrogen-bond acceptors (Lipinski definition) is 3. The maximum absolute atomic E-state index is 5.75. The molecular weight excluding hydrogens is 319 g/mol. The molecule has 0 aliphatic carbocycles. The van der Waals surface area contributed by atoms with Gasteiger partial charge in [-0.3, -0.25) is 4.90 Å². The second-order valence-electron chi connectivity index (χ2n) is 5.63. The van der Waals surface area contributed by atoms with Gasteiger partial charge in [0, 0.05) is 26.2 Å².